The van der Waals surface area contributed by atoms with Gasteiger partial charge in [0, 0.05) is 19.6 Å². The molecule has 0 aromatic heterocycles. The van der Waals surface area contributed by atoms with Crippen LogP contribution in [0.15, 0.2) is 0 Å². The van der Waals surface area contributed by atoms with Crippen LogP contribution >= 0.6 is 0 Å². The third-order valence-electron chi connectivity index (χ3n) is 3.00. The lowest BCUT2D eigenvalue weighted by Gasteiger charge is -2.34. The molecule has 1 unspecified atom stereocenters. The van der Waals surface area contributed by atoms with Gasteiger partial charge in [0.05, 0.1) is 6.07 Å². The van der Waals surface area contributed by atoms with E-state index in [4.69, 9.17) is 10.00 Å². The van der Waals surface area contributed by atoms with Gasteiger partial charge in [0.15, 0.2) is 0 Å². The molecule has 0 bridgehead atoms. The highest BCUT2D eigenvalue weighted by Crippen LogP contribution is 2.18. The summed E-state index contributed by atoms with van der Waals surface area (Å²) in [5.74, 6) is -0.0409. The first kappa shape index (κ1) is 16.3. The van der Waals surface area contributed by atoms with E-state index in [1.807, 2.05) is 26.8 Å². The summed E-state index contributed by atoms with van der Waals surface area (Å²) in [7, 11) is 0. The molecule has 0 radical (unpaired) electrons. The third kappa shape index (κ3) is 5.91. The number of piperidine rings is 1. The molecule has 1 aliphatic heterocycles. The number of nitriles is 1. The second-order valence-corrected chi connectivity index (χ2v) is 6.07. The van der Waals surface area contributed by atoms with Gasteiger partial charge in [-0.2, -0.15) is 5.26 Å². The molecule has 2 amide bonds. The number of nitrogens with one attached hydrogen (secondary N) is 1. The maximum Gasteiger partial charge on any atom is 0.410 e. The fraction of sp³-hybridized carbons (Fsp3) is 0.786. The molecule has 20 heavy (non-hydrogen) atoms. The zero-order chi connectivity index (χ0) is 15.2. The zero-order valence-electron chi connectivity index (χ0n) is 12.4. The van der Waals surface area contributed by atoms with Gasteiger partial charge in [-0.05, 0) is 39.5 Å². The fourth-order valence-corrected chi connectivity index (χ4v) is 2.12. The van der Waals surface area contributed by atoms with Gasteiger partial charge in [0.25, 0.3) is 0 Å². The molecule has 6 nitrogen and oxygen atoms in total. The Bertz CT molecular complexity index is 395. The predicted molar refractivity (Wildman–Crippen MR) is 73.8 cm³/mol. The molecule has 6 heteroatoms. The van der Waals surface area contributed by atoms with Crippen LogP contribution in [0.4, 0.5) is 4.79 Å². The summed E-state index contributed by atoms with van der Waals surface area (Å²) >= 11 is 0. The minimum atomic E-state index is -0.495. The zero-order valence-corrected chi connectivity index (χ0v) is 12.4. The minimum absolute atomic E-state index is 0.123. The summed E-state index contributed by atoms with van der Waals surface area (Å²) < 4.78 is 5.35. The molecule has 0 aromatic carbocycles. The number of nitrogens with zero attached hydrogens (tertiary/aromatic N) is 2. The van der Waals surface area contributed by atoms with E-state index in [0.717, 1.165) is 12.8 Å². The Morgan fingerprint density at radius 1 is 1.45 bits per heavy atom. The van der Waals surface area contributed by atoms with Crippen LogP contribution in [0.25, 0.3) is 0 Å². The van der Waals surface area contributed by atoms with Gasteiger partial charge < -0.3 is 15.0 Å². The van der Waals surface area contributed by atoms with Crippen molar-refractivity contribution in [3.8, 4) is 6.07 Å². The van der Waals surface area contributed by atoms with Crippen LogP contribution in [-0.4, -0.2) is 42.1 Å². The van der Waals surface area contributed by atoms with E-state index in [9.17, 15) is 9.59 Å². The SMILES string of the molecule is CC(C)(C)OC(=O)N1CCCC(CNC(=O)CC#N)C1. The summed E-state index contributed by atoms with van der Waals surface area (Å²) in [6.45, 7) is 7.30. The highest BCUT2D eigenvalue weighted by molar-refractivity contribution is 5.77. The van der Waals surface area contributed by atoms with E-state index < -0.39 is 5.60 Å². The van der Waals surface area contributed by atoms with Crippen molar-refractivity contribution in [2.75, 3.05) is 19.6 Å². The van der Waals surface area contributed by atoms with Gasteiger partial charge in [-0.3, -0.25) is 4.79 Å². The molecular formula is C14H23N3O3. The minimum Gasteiger partial charge on any atom is -0.444 e. The monoisotopic (exact) mass is 281 g/mol. The predicted octanol–water partition coefficient (Wildman–Crippen LogP) is 1.66. The van der Waals surface area contributed by atoms with Gasteiger partial charge >= 0.3 is 6.09 Å². The van der Waals surface area contributed by atoms with E-state index in [2.05, 4.69) is 5.32 Å². The largest absolute Gasteiger partial charge is 0.444 e. The number of rotatable bonds is 3. The van der Waals surface area contributed by atoms with Crippen molar-refractivity contribution < 1.29 is 14.3 Å². The quantitative estimate of drug-likeness (QED) is 0.853. The number of carbonyl (C=O) groups is 2. The van der Waals surface area contributed by atoms with Gasteiger partial charge in [0.1, 0.15) is 12.0 Å². The molecule has 0 spiro atoms. The van der Waals surface area contributed by atoms with Crippen LogP contribution in [0.3, 0.4) is 0 Å². The first-order valence-electron chi connectivity index (χ1n) is 6.93. The van der Waals surface area contributed by atoms with Gasteiger partial charge in [-0.15, -0.1) is 0 Å². The summed E-state index contributed by atoms with van der Waals surface area (Å²) in [5, 5.41) is 11.1. The van der Waals surface area contributed by atoms with Crippen LogP contribution in [0.1, 0.15) is 40.0 Å². The van der Waals surface area contributed by atoms with Crippen molar-refractivity contribution >= 4 is 12.0 Å². The van der Waals surface area contributed by atoms with Crippen molar-refractivity contribution in [2.24, 2.45) is 5.92 Å². The van der Waals surface area contributed by atoms with E-state index in [1.54, 1.807) is 4.90 Å². The van der Waals surface area contributed by atoms with Crippen LogP contribution in [0.2, 0.25) is 0 Å². The Labute approximate surface area is 120 Å². The standard InChI is InChI=1S/C14H23N3O3/c1-14(2,3)20-13(19)17-8-4-5-11(10-17)9-16-12(18)6-7-15/h11H,4-6,8-10H2,1-3H3,(H,16,18). The van der Waals surface area contributed by atoms with E-state index >= 15 is 0 Å². The Morgan fingerprint density at radius 3 is 2.75 bits per heavy atom. The molecular weight excluding hydrogens is 258 g/mol. The Kier molecular flexibility index (Phi) is 5.81. The van der Waals surface area contributed by atoms with Gasteiger partial charge in [0.2, 0.25) is 5.91 Å². The average molecular weight is 281 g/mol. The highest BCUT2D eigenvalue weighted by atomic mass is 16.6. The maximum atomic E-state index is 12.0. The second-order valence-electron chi connectivity index (χ2n) is 6.07. The first-order valence-corrected chi connectivity index (χ1v) is 6.93. The molecule has 1 rings (SSSR count). The highest BCUT2D eigenvalue weighted by Gasteiger charge is 2.27. The average Bonchev–Trinajstić information content (AvgIpc) is 2.35. The van der Waals surface area contributed by atoms with Crippen LogP contribution < -0.4 is 5.32 Å². The number of hydrogen-bond donors (Lipinski definition) is 1. The molecule has 1 atom stereocenters. The lowest BCUT2D eigenvalue weighted by atomic mass is 9.98. The smallest absolute Gasteiger partial charge is 0.410 e. The number of ether oxygens (including phenoxy) is 1. The first-order chi connectivity index (χ1) is 9.31. The summed E-state index contributed by atoms with van der Waals surface area (Å²) in [5.41, 5.74) is -0.495. The molecule has 0 saturated carbocycles. The summed E-state index contributed by atoms with van der Waals surface area (Å²) in [6.07, 6.45) is 1.44. The topological polar surface area (TPSA) is 82.4 Å². The number of likely N-dealkylation sites (tertiary alicyclic amines) is 1. The molecule has 1 N–H and O–H groups in total. The number of hydrogen-bond acceptors (Lipinski definition) is 4. The summed E-state index contributed by atoms with van der Waals surface area (Å²) in [4.78, 5) is 24.9. The Balaban J connectivity index is 2.41. The lowest BCUT2D eigenvalue weighted by Crippen LogP contribution is -2.45. The number of carbonyl (C=O) groups excluding carboxylic acids is 2. The lowest BCUT2D eigenvalue weighted by molar-refractivity contribution is -0.120. The van der Waals surface area contributed by atoms with Crippen molar-refractivity contribution in [2.45, 2.75) is 45.6 Å². The molecule has 1 aliphatic rings. The van der Waals surface area contributed by atoms with Crippen LogP contribution in [-0.2, 0) is 9.53 Å². The molecule has 0 aromatic rings. The molecule has 1 saturated heterocycles. The third-order valence-corrected chi connectivity index (χ3v) is 3.00. The maximum absolute atomic E-state index is 12.0. The van der Waals surface area contributed by atoms with Crippen LogP contribution in [0.5, 0.6) is 0 Å². The molecule has 1 heterocycles. The molecule has 1 fully saturated rings. The van der Waals surface area contributed by atoms with Crippen molar-refractivity contribution in [1.82, 2.24) is 10.2 Å². The van der Waals surface area contributed by atoms with Gasteiger partial charge in [-0.1, -0.05) is 0 Å². The Morgan fingerprint density at radius 2 is 2.15 bits per heavy atom. The van der Waals surface area contributed by atoms with E-state index in [-0.39, 0.29) is 24.3 Å². The van der Waals surface area contributed by atoms with E-state index in [0.29, 0.717) is 19.6 Å². The molecule has 0 aliphatic carbocycles. The van der Waals surface area contributed by atoms with Crippen LogP contribution in [0, 0.1) is 17.2 Å². The van der Waals surface area contributed by atoms with Crippen molar-refractivity contribution in [3.63, 3.8) is 0 Å². The van der Waals surface area contributed by atoms with Gasteiger partial charge in [-0.25, -0.2) is 4.79 Å². The molecule has 112 valence electrons. The van der Waals surface area contributed by atoms with E-state index in [1.165, 1.54) is 0 Å². The van der Waals surface area contributed by atoms with Crippen molar-refractivity contribution in [3.05, 3.63) is 0 Å². The second kappa shape index (κ2) is 7.13. The fourth-order valence-electron chi connectivity index (χ4n) is 2.12. The van der Waals surface area contributed by atoms with Crippen molar-refractivity contribution in [1.29, 1.82) is 5.26 Å². The normalized spacial score (nSPS) is 19.1. The Hall–Kier alpha value is -1.77. The summed E-state index contributed by atoms with van der Waals surface area (Å²) in [6, 6.07) is 1.81. The number of amides is 2.